The molecule has 19 heavy (non-hydrogen) atoms. The summed E-state index contributed by atoms with van der Waals surface area (Å²) in [6.07, 6.45) is 4.90. The summed E-state index contributed by atoms with van der Waals surface area (Å²) in [5, 5.41) is 0. The van der Waals surface area contributed by atoms with Crippen LogP contribution in [-0.4, -0.2) is 36.3 Å². The molecule has 1 rings (SSSR count). The van der Waals surface area contributed by atoms with Crippen molar-refractivity contribution in [2.75, 3.05) is 20.3 Å². The number of nitrogens with zero attached hydrogens (tertiary/aromatic N) is 2. The number of carbonyl (C=O) groups is 1. The van der Waals surface area contributed by atoms with Crippen LogP contribution in [0, 0.1) is 0 Å². The van der Waals surface area contributed by atoms with Gasteiger partial charge in [-0.1, -0.05) is 13.3 Å². The average Bonchev–Trinajstić information content (AvgIpc) is 2.40. The Morgan fingerprint density at radius 2 is 2.11 bits per heavy atom. The van der Waals surface area contributed by atoms with Gasteiger partial charge in [0, 0.05) is 26.3 Å². The molecule has 0 radical (unpaired) electrons. The van der Waals surface area contributed by atoms with Crippen LogP contribution in [0.4, 0.5) is 0 Å². The molecule has 106 valence electrons. The van der Waals surface area contributed by atoms with Gasteiger partial charge in [-0.3, -0.25) is 0 Å². The Hall–Kier alpha value is -1.49. The van der Waals surface area contributed by atoms with Crippen molar-refractivity contribution in [1.82, 2.24) is 9.97 Å². The van der Waals surface area contributed by atoms with Gasteiger partial charge in [0.2, 0.25) is 0 Å². The zero-order valence-electron chi connectivity index (χ0n) is 11.9. The SMILES string of the molecule is CCCc1nc(CCCOC)ncc1C(=O)OCC. The minimum atomic E-state index is -0.339. The molecule has 1 heterocycles. The van der Waals surface area contributed by atoms with E-state index >= 15 is 0 Å². The lowest BCUT2D eigenvalue weighted by Gasteiger charge is -2.08. The van der Waals surface area contributed by atoms with E-state index in [0.29, 0.717) is 18.8 Å². The summed E-state index contributed by atoms with van der Waals surface area (Å²) in [5.41, 5.74) is 1.27. The number of ether oxygens (including phenoxy) is 2. The summed E-state index contributed by atoms with van der Waals surface area (Å²) in [6, 6.07) is 0. The van der Waals surface area contributed by atoms with Crippen molar-refractivity contribution in [3.63, 3.8) is 0 Å². The van der Waals surface area contributed by atoms with Crippen LogP contribution in [0.15, 0.2) is 6.20 Å². The number of hydrogen-bond donors (Lipinski definition) is 0. The molecular formula is C14H22N2O3. The van der Waals surface area contributed by atoms with Gasteiger partial charge in [-0.2, -0.15) is 0 Å². The fraction of sp³-hybridized carbons (Fsp3) is 0.643. The lowest BCUT2D eigenvalue weighted by atomic mass is 10.1. The quantitative estimate of drug-likeness (QED) is 0.533. The van der Waals surface area contributed by atoms with Gasteiger partial charge in [-0.05, 0) is 19.8 Å². The van der Waals surface area contributed by atoms with Crippen molar-refractivity contribution in [2.24, 2.45) is 0 Å². The van der Waals surface area contributed by atoms with E-state index in [9.17, 15) is 4.79 Å². The predicted octanol–water partition coefficient (Wildman–Crippen LogP) is 2.18. The maximum atomic E-state index is 11.8. The van der Waals surface area contributed by atoms with Gasteiger partial charge < -0.3 is 9.47 Å². The largest absolute Gasteiger partial charge is 0.462 e. The Labute approximate surface area is 114 Å². The lowest BCUT2D eigenvalue weighted by Crippen LogP contribution is -2.12. The summed E-state index contributed by atoms with van der Waals surface area (Å²) in [4.78, 5) is 20.5. The number of aromatic nitrogens is 2. The van der Waals surface area contributed by atoms with E-state index < -0.39 is 0 Å². The molecule has 0 aliphatic rings. The molecule has 0 aliphatic heterocycles. The standard InChI is InChI=1S/C14H22N2O3/c1-4-7-12-11(14(17)19-5-2)10-15-13(16-12)8-6-9-18-3/h10H,4-9H2,1-3H3. The molecule has 0 aliphatic carbocycles. The Kier molecular flexibility index (Phi) is 7.03. The van der Waals surface area contributed by atoms with Crippen LogP contribution in [0.5, 0.6) is 0 Å². The van der Waals surface area contributed by atoms with Gasteiger partial charge in [0.15, 0.2) is 0 Å². The van der Waals surface area contributed by atoms with Crippen molar-refractivity contribution >= 4 is 5.97 Å². The molecule has 0 spiro atoms. The monoisotopic (exact) mass is 266 g/mol. The summed E-state index contributed by atoms with van der Waals surface area (Å²) < 4.78 is 10.0. The molecule has 0 bridgehead atoms. The van der Waals surface area contributed by atoms with Gasteiger partial charge in [0.1, 0.15) is 5.82 Å². The maximum Gasteiger partial charge on any atom is 0.341 e. The Bertz CT molecular complexity index is 408. The molecule has 5 heteroatoms. The number of aryl methyl sites for hydroxylation is 2. The van der Waals surface area contributed by atoms with Crippen LogP contribution in [0.25, 0.3) is 0 Å². The number of carbonyl (C=O) groups excluding carboxylic acids is 1. The molecular weight excluding hydrogens is 244 g/mol. The number of rotatable bonds is 8. The van der Waals surface area contributed by atoms with Crippen molar-refractivity contribution in [2.45, 2.75) is 39.5 Å². The van der Waals surface area contributed by atoms with Gasteiger partial charge in [-0.25, -0.2) is 14.8 Å². The third kappa shape index (κ3) is 4.95. The zero-order valence-corrected chi connectivity index (χ0v) is 11.9. The topological polar surface area (TPSA) is 61.3 Å². The first-order valence-corrected chi connectivity index (χ1v) is 6.73. The molecule has 0 fully saturated rings. The molecule has 0 saturated carbocycles. The van der Waals surface area contributed by atoms with Crippen molar-refractivity contribution in [1.29, 1.82) is 0 Å². The van der Waals surface area contributed by atoms with Gasteiger partial charge in [-0.15, -0.1) is 0 Å². The minimum absolute atomic E-state index is 0.339. The second kappa shape index (κ2) is 8.58. The summed E-state index contributed by atoms with van der Waals surface area (Å²) in [6.45, 7) is 4.89. The number of esters is 1. The third-order valence-electron chi connectivity index (χ3n) is 2.65. The summed E-state index contributed by atoms with van der Waals surface area (Å²) in [5.74, 6) is 0.419. The van der Waals surface area contributed by atoms with Crippen molar-refractivity contribution in [3.8, 4) is 0 Å². The highest BCUT2D eigenvalue weighted by molar-refractivity contribution is 5.90. The lowest BCUT2D eigenvalue weighted by molar-refractivity contribution is 0.0524. The summed E-state index contributed by atoms with van der Waals surface area (Å²) >= 11 is 0. The van der Waals surface area contributed by atoms with Crippen molar-refractivity contribution < 1.29 is 14.3 Å². The highest BCUT2D eigenvalue weighted by atomic mass is 16.5. The molecule has 0 unspecified atom stereocenters. The van der Waals surface area contributed by atoms with E-state index in [1.807, 2.05) is 0 Å². The molecule has 5 nitrogen and oxygen atoms in total. The fourth-order valence-corrected chi connectivity index (χ4v) is 1.76. The van der Waals surface area contributed by atoms with E-state index in [1.165, 1.54) is 0 Å². The van der Waals surface area contributed by atoms with Gasteiger partial charge in [0.05, 0.1) is 17.9 Å². The van der Waals surface area contributed by atoms with Crippen LogP contribution in [0.1, 0.15) is 48.6 Å². The third-order valence-corrected chi connectivity index (χ3v) is 2.65. The van der Waals surface area contributed by atoms with E-state index in [1.54, 1.807) is 20.2 Å². The molecule has 0 aromatic carbocycles. The van der Waals surface area contributed by atoms with Crippen molar-refractivity contribution in [3.05, 3.63) is 23.3 Å². The first-order valence-electron chi connectivity index (χ1n) is 6.73. The average molecular weight is 266 g/mol. The Balaban J connectivity index is 2.84. The van der Waals surface area contributed by atoms with E-state index in [-0.39, 0.29) is 5.97 Å². The normalized spacial score (nSPS) is 10.5. The molecule has 1 aromatic rings. The minimum Gasteiger partial charge on any atom is -0.462 e. The van der Waals surface area contributed by atoms with E-state index in [4.69, 9.17) is 9.47 Å². The molecule has 0 atom stereocenters. The van der Waals surface area contributed by atoms with E-state index in [2.05, 4.69) is 16.9 Å². The second-order valence-electron chi connectivity index (χ2n) is 4.21. The van der Waals surface area contributed by atoms with Crippen LogP contribution in [-0.2, 0) is 22.3 Å². The number of hydrogen-bond acceptors (Lipinski definition) is 5. The smallest absolute Gasteiger partial charge is 0.341 e. The summed E-state index contributed by atoms with van der Waals surface area (Å²) in [7, 11) is 1.67. The maximum absolute atomic E-state index is 11.8. The van der Waals surface area contributed by atoms with Gasteiger partial charge >= 0.3 is 5.97 Å². The highest BCUT2D eigenvalue weighted by Crippen LogP contribution is 2.11. The molecule has 0 N–H and O–H groups in total. The first kappa shape index (κ1) is 15.6. The van der Waals surface area contributed by atoms with Crippen LogP contribution < -0.4 is 0 Å². The molecule has 1 aromatic heterocycles. The molecule has 0 saturated heterocycles. The predicted molar refractivity (Wildman–Crippen MR) is 72.2 cm³/mol. The van der Waals surface area contributed by atoms with Crippen LogP contribution >= 0.6 is 0 Å². The second-order valence-corrected chi connectivity index (χ2v) is 4.21. The van der Waals surface area contributed by atoms with Crippen LogP contribution in [0.2, 0.25) is 0 Å². The number of methoxy groups -OCH3 is 1. The fourth-order valence-electron chi connectivity index (χ4n) is 1.76. The highest BCUT2D eigenvalue weighted by Gasteiger charge is 2.14. The zero-order chi connectivity index (χ0) is 14.1. The van der Waals surface area contributed by atoms with Gasteiger partial charge in [0.25, 0.3) is 0 Å². The first-order chi connectivity index (χ1) is 9.22. The Morgan fingerprint density at radius 1 is 1.32 bits per heavy atom. The van der Waals surface area contributed by atoms with Crippen LogP contribution in [0.3, 0.4) is 0 Å². The molecule has 0 amide bonds. The van der Waals surface area contributed by atoms with E-state index in [0.717, 1.165) is 37.2 Å². The Morgan fingerprint density at radius 3 is 2.74 bits per heavy atom.